The molecule has 8 heteroatoms. The average Bonchev–Trinajstić information content (AvgIpc) is 2.79. The number of H-pyrrole nitrogens is 1. The number of amides is 1. The summed E-state index contributed by atoms with van der Waals surface area (Å²) < 4.78 is 0. The molecule has 1 amide bonds. The van der Waals surface area contributed by atoms with Gasteiger partial charge in [0.25, 0.3) is 11.5 Å². The predicted octanol–water partition coefficient (Wildman–Crippen LogP) is 1.66. The molecule has 0 spiro atoms. The number of nitrogens with one attached hydrogen (secondary N) is 2. The molecule has 0 radical (unpaired) electrons. The maximum absolute atomic E-state index is 12.1. The van der Waals surface area contributed by atoms with Crippen molar-refractivity contribution in [2.45, 2.75) is 32.7 Å². The van der Waals surface area contributed by atoms with E-state index in [0.29, 0.717) is 12.1 Å². The van der Waals surface area contributed by atoms with Gasteiger partial charge in [-0.25, -0.2) is 4.98 Å². The highest BCUT2D eigenvalue weighted by atomic mass is 16.1. The summed E-state index contributed by atoms with van der Waals surface area (Å²) in [5, 5.41) is 2.68. The van der Waals surface area contributed by atoms with Crippen molar-refractivity contribution >= 4 is 22.6 Å². The molecular formula is C24H28N6O2. The number of hydrogen-bond donors (Lipinski definition) is 2. The molecule has 4 heterocycles. The molecule has 1 fully saturated rings. The first-order valence-corrected chi connectivity index (χ1v) is 11.3. The van der Waals surface area contributed by atoms with Crippen LogP contribution in [0, 0.1) is 0 Å². The summed E-state index contributed by atoms with van der Waals surface area (Å²) in [6.45, 7) is 6.50. The first-order chi connectivity index (χ1) is 15.6. The maximum Gasteiger partial charge on any atom is 0.269 e. The third-order valence-corrected chi connectivity index (χ3v) is 6.67. The van der Waals surface area contributed by atoms with E-state index in [4.69, 9.17) is 0 Å². The molecule has 8 nitrogen and oxygen atoms in total. The molecule has 3 aromatic rings. The Hall–Kier alpha value is -3.26. The summed E-state index contributed by atoms with van der Waals surface area (Å²) in [6.07, 6.45) is 6.42. The van der Waals surface area contributed by atoms with Crippen LogP contribution in [0.4, 0.5) is 5.69 Å². The van der Waals surface area contributed by atoms with Crippen LogP contribution in [-0.4, -0.2) is 59.0 Å². The Balaban J connectivity index is 1.26. The van der Waals surface area contributed by atoms with Crippen molar-refractivity contribution in [3.05, 3.63) is 62.8 Å². The Morgan fingerprint density at radius 3 is 2.56 bits per heavy atom. The van der Waals surface area contributed by atoms with Gasteiger partial charge in [0.1, 0.15) is 5.69 Å². The number of piperazine rings is 1. The lowest BCUT2D eigenvalue weighted by molar-refractivity contribution is 0.0956. The van der Waals surface area contributed by atoms with Crippen LogP contribution in [0.1, 0.15) is 39.7 Å². The monoisotopic (exact) mass is 432 g/mol. The Bertz CT molecular complexity index is 1240. The first kappa shape index (κ1) is 20.6. The Kier molecular flexibility index (Phi) is 5.38. The second kappa shape index (κ2) is 8.35. The van der Waals surface area contributed by atoms with Gasteiger partial charge >= 0.3 is 0 Å². The molecule has 1 aliphatic heterocycles. The molecule has 0 saturated carbocycles. The molecule has 0 atom stereocenters. The van der Waals surface area contributed by atoms with Gasteiger partial charge < -0.3 is 15.2 Å². The number of carbonyl (C=O) groups excluding carboxylic acids is 1. The van der Waals surface area contributed by atoms with Gasteiger partial charge in [-0.3, -0.25) is 19.5 Å². The fraction of sp³-hybridized carbons (Fsp3) is 0.417. The summed E-state index contributed by atoms with van der Waals surface area (Å²) in [7, 11) is 1.65. The van der Waals surface area contributed by atoms with Crippen molar-refractivity contribution in [1.29, 1.82) is 0 Å². The highest BCUT2D eigenvalue weighted by Crippen LogP contribution is 2.34. The highest BCUT2D eigenvalue weighted by molar-refractivity contribution is 5.95. The van der Waals surface area contributed by atoms with E-state index in [1.54, 1.807) is 7.05 Å². The number of fused-ring (bicyclic) bond motifs is 2. The molecule has 1 saturated heterocycles. The second-order valence-electron chi connectivity index (χ2n) is 8.55. The average molecular weight is 433 g/mol. The van der Waals surface area contributed by atoms with E-state index in [2.05, 4.69) is 30.1 Å². The molecule has 0 aromatic carbocycles. The van der Waals surface area contributed by atoms with Crippen LogP contribution in [0.3, 0.4) is 0 Å². The molecule has 32 heavy (non-hydrogen) atoms. The van der Waals surface area contributed by atoms with E-state index in [-0.39, 0.29) is 11.5 Å². The van der Waals surface area contributed by atoms with E-state index in [9.17, 15) is 9.59 Å². The van der Waals surface area contributed by atoms with Gasteiger partial charge in [-0.1, -0.05) is 6.92 Å². The van der Waals surface area contributed by atoms with Crippen LogP contribution in [0.2, 0.25) is 0 Å². The molecule has 2 N–H and O–H groups in total. The zero-order valence-electron chi connectivity index (χ0n) is 18.6. The number of anilines is 1. The molecule has 0 bridgehead atoms. The topological polar surface area (TPSA) is 94.2 Å². The number of pyridine rings is 3. The standard InChI is InChI=1S/C24H28N6O2/c1-3-16-11-19-20(28-23(16)31)10-15(12-26-19)14-29-6-8-30(9-7-29)21-13-27-22(24(32)25-2)18-5-4-17(18)21/h10-13H,3-9,14H2,1-2H3,(H,25,32)(H,28,31). The van der Waals surface area contributed by atoms with Crippen LogP contribution in [0.5, 0.6) is 0 Å². The zero-order valence-corrected chi connectivity index (χ0v) is 18.6. The van der Waals surface area contributed by atoms with Gasteiger partial charge in [-0.2, -0.15) is 0 Å². The second-order valence-corrected chi connectivity index (χ2v) is 8.55. The van der Waals surface area contributed by atoms with Crippen LogP contribution in [0.25, 0.3) is 11.0 Å². The van der Waals surface area contributed by atoms with Crippen LogP contribution in [-0.2, 0) is 25.8 Å². The van der Waals surface area contributed by atoms with Crippen molar-refractivity contribution in [3.8, 4) is 0 Å². The predicted molar refractivity (Wildman–Crippen MR) is 124 cm³/mol. The molecule has 1 aliphatic carbocycles. The van der Waals surface area contributed by atoms with E-state index in [0.717, 1.165) is 73.3 Å². The normalized spacial score (nSPS) is 16.0. The lowest BCUT2D eigenvalue weighted by Gasteiger charge is -2.38. The lowest BCUT2D eigenvalue weighted by atomic mass is 9.85. The minimum absolute atomic E-state index is 0.0276. The van der Waals surface area contributed by atoms with E-state index < -0.39 is 0 Å². The first-order valence-electron chi connectivity index (χ1n) is 11.3. The minimum Gasteiger partial charge on any atom is -0.367 e. The minimum atomic E-state index is -0.103. The summed E-state index contributed by atoms with van der Waals surface area (Å²) in [6, 6.07) is 3.93. The van der Waals surface area contributed by atoms with Gasteiger partial charge in [-0.15, -0.1) is 0 Å². The van der Waals surface area contributed by atoms with Crippen molar-refractivity contribution in [3.63, 3.8) is 0 Å². The fourth-order valence-corrected chi connectivity index (χ4v) is 4.71. The highest BCUT2D eigenvalue weighted by Gasteiger charge is 2.28. The van der Waals surface area contributed by atoms with Gasteiger partial charge in [0.05, 0.1) is 22.9 Å². The lowest BCUT2D eigenvalue weighted by Crippen LogP contribution is -2.46. The molecule has 5 rings (SSSR count). The maximum atomic E-state index is 12.1. The Morgan fingerprint density at radius 2 is 1.88 bits per heavy atom. The number of aromatic nitrogens is 3. The molecule has 3 aromatic heterocycles. The van der Waals surface area contributed by atoms with Crippen molar-refractivity contribution in [2.75, 3.05) is 38.1 Å². The van der Waals surface area contributed by atoms with Crippen molar-refractivity contribution in [1.82, 2.24) is 25.2 Å². The van der Waals surface area contributed by atoms with Crippen molar-refractivity contribution < 1.29 is 4.79 Å². The SMILES string of the molecule is CCc1cc2ncc(CN3CCN(c4cnc(C(=O)NC)c5c4CC5)CC3)cc2[nH]c1=O. The third-order valence-electron chi connectivity index (χ3n) is 6.67. The number of nitrogens with zero attached hydrogens (tertiary/aromatic N) is 4. The largest absolute Gasteiger partial charge is 0.367 e. The molecule has 2 aliphatic rings. The Morgan fingerprint density at radius 1 is 1.09 bits per heavy atom. The third kappa shape index (κ3) is 3.64. The number of aryl methyl sites for hydroxylation is 1. The van der Waals surface area contributed by atoms with Crippen LogP contribution in [0.15, 0.2) is 29.3 Å². The number of aromatic amines is 1. The summed E-state index contributed by atoms with van der Waals surface area (Å²) in [5.41, 5.74) is 7.60. The molecule has 166 valence electrons. The van der Waals surface area contributed by atoms with Crippen LogP contribution >= 0.6 is 0 Å². The van der Waals surface area contributed by atoms with E-state index >= 15 is 0 Å². The smallest absolute Gasteiger partial charge is 0.269 e. The van der Waals surface area contributed by atoms with Crippen molar-refractivity contribution in [2.24, 2.45) is 0 Å². The molecular weight excluding hydrogens is 404 g/mol. The number of carbonyl (C=O) groups is 1. The molecule has 0 unspecified atom stereocenters. The Labute approximate surface area is 186 Å². The van der Waals surface area contributed by atoms with Gasteiger partial charge in [0.2, 0.25) is 0 Å². The van der Waals surface area contributed by atoms with E-state index in [1.807, 2.05) is 31.5 Å². The zero-order chi connectivity index (χ0) is 22.2. The number of hydrogen-bond acceptors (Lipinski definition) is 6. The van der Waals surface area contributed by atoms with Crippen LogP contribution < -0.4 is 15.8 Å². The van der Waals surface area contributed by atoms with Gasteiger partial charge in [-0.05, 0) is 48.1 Å². The van der Waals surface area contributed by atoms with Gasteiger partial charge in [0, 0.05) is 51.5 Å². The quantitative estimate of drug-likeness (QED) is 0.637. The van der Waals surface area contributed by atoms with E-state index in [1.165, 1.54) is 11.3 Å². The fourth-order valence-electron chi connectivity index (χ4n) is 4.71. The summed E-state index contributed by atoms with van der Waals surface area (Å²) in [5.74, 6) is -0.103. The summed E-state index contributed by atoms with van der Waals surface area (Å²) >= 11 is 0. The number of rotatable bonds is 5. The summed E-state index contributed by atoms with van der Waals surface area (Å²) in [4.78, 5) is 41.0. The van der Waals surface area contributed by atoms with Gasteiger partial charge in [0.15, 0.2) is 0 Å².